The van der Waals surface area contributed by atoms with E-state index in [0.717, 1.165) is 4.47 Å². The molecule has 20 heavy (non-hydrogen) atoms. The highest BCUT2D eigenvalue weighted by molar-refractivity contribution is 9.10. The molecule has 5 nitrogen and oxygen atoms in total. The van der Waals surface area contributed by atoms with E-state index in [0.29, 0.717) is 11.1 Å². The van der Waals surface area contributed by atoms with E-state index in [1.807, 2.05) is 0 Å². The molecule has 0 atom stereocenters. The summed E-state index contributed by atoms with van der Waals surface area (Å²) < 4.78 is 5.94. The average Bonchev–Trinajstić information content (AvgIpc) is 2.45. The van der Waals surface area contributed by atoms with Crippen LogP contribution in [0.15, 0.2) is 53.0 Å². The van der Waals surface area contributed by atoms with E-state index in [1.54, 1.807) is 42.5 Å². The van der Waals surface area contributed by atoms with E-state index in [2.05, 4.69) is 15.9 Å². The lowest BCUT2D eigenvalue weighted by atomic mass is 10.2. The normalized spacial score (nSPS) is 10.1. The molecule has 0 aliphatic heterocycles. The Kier molecular flexibility index (Phi) is 4.47. The minimum Gasteiger partial charge on any atom is -0.457 e. The minimum atomic E-state index is -0.518. The van der Waals surface area contributed by atoms with Crippen LogP contribution in [0.25, 0.3) is 0 Å². The number of halogens is 1. The molecular formula is C14H10BrNO4. The molecule has 0 fully saturated rings. The van der Waals surface area contributed by atoms with Gasteiger partial charge in [-0.3, -0.25) is 10.1 Å². The Labute approximate surface area is 123 Å². The summed E-state index contributed by atoms with van der Waals surface area (Å²) in [5.74, 6) is -0.518. The maximum absolute atomic E-state index is 11.8. The van der Waals surface area contributed by atoms with Crippen molar-refractivity contribution in [3.05, 3.63) is 74.2 Å². The number of benzene rings is 2. The summed E-state index contributed by atoms with van der Waals surface area (Å²) in [6.07, 6.45) is 0. The van der Waals surface area contributed by atoms with Gasteiger partial charge in [-0.05, 0) is 30.3 Å². The van der Waals surface area contributed by atoms with Crippen molar-refractivity contribution in [3.8, 4) is 0 Å². The predicted molar refractivity (Wildman–Crippen MR) is 76.4 cm³/mol. The summed E-state index contributed by atoms with van der Waals surface area (Å²) in [5.41, 5.74) is 0.700. The second-order valence-corrected chi connectivity index (χ2v) is 4.88. The van der Waals surface area contributed by atoms with Gasteiger partial charge in [0.25, 0.3) is 5.69 Å². The second kappa shape index (κ2) is 6.29. The number of esters is 1. The predicted octanol–water partition coefficient (Wildman–Crippen LogP) is 3.71. The monoisotopic (exact) mass is 335 g/mol. The molecule has 2 rings (SSSR count). The summed E-state index contributed by atoms with van der Waals surface area (Å²) in [5, 5.41) is 10.8. The lowest BCUT2D eigenvalue weighted by Gasteiger charge is -2.05. The van der Waals surface area contributed by atoms with Gasteiger partial charge in [0.1, 0.15) is 6.61 Å². The number of nitrogens with zero attached hydrogens (tertiary/aromatic N) is 1. The smallest absolute Gasteiger partial charge is 0.338 e. The van der Waals surface area contributed by atoms with Crippen LogP contribution in [0.5, 0.6) is 0 Å². The first kappa shape index (κ1) is 14.2. The van der Waals surface area contributed by atoms with Gasteiger partial charge in [-0.15, -0.1) is 0 Å². The number of rotatable bonds is 4. The standard InChI is InChI=1S/C14H10BrNO4/c15-12-7-5-10(6-8-12)14(17)20-9-11-3-1-2-4-13(11)16(18)19/h1-8H,9H2. The first-order chi connectivity index (χ1) is 9.58. The number of hydrogen-bond donors (Lipinski definition) is 0. The lowest BCUT2D eigenvalue weighted by Crippen LogP contribution is -2.06. The van der Waals surface area contributed by atoms with Crippen LogP contribution in [-0.2, 0) is 11.3 Å². The van der Waals surface area contributed by atoms with Crippen molar-refractivity contribution < 1.29 is 14.5 Å². The van der Waals surface area contributed by atoms with Crippen LogP contribution in [0, 0.1) is 10.1 Å². The van der Waals surface area contributed by atoms with E-state index in [-0.39, 0.29) is 12.3 Å². The van der Waals surface area contributed by atoms with Gasteiger partial charge < -0.3 is 4.74 Å². The van der Waals surface area contributed by atoms with Crippen LogP contribution in [0.3, 0.4) is 0 Å². The van der Waals surface area contributed by atoms with E-state index in [9.17, 15) is 14.9 Å². The fraction of sp³-hybridized carbons (Fsp3) is 0.0714. The zero-order chi connectivity index (χ0) is 14.5. The molecule has 0 aliphatic rings. The fourth-order valence-electron chi connectivity index (χ4n) is 1.62. The summed E-state index contributed by atoms with van der Waals surface area (Å²) in [7, 11) is 0. The third kappa shape index (κ3) is 3.42. The topological polar surface area (TPSA) is 69.4 Å². The summed E-state index contributed by atoms with van der Waals surface area (Å²) >= 11 is 3.27. The van der Waals surface area contributed by atoms with Gasteiger partial charge in [0, 0.05) is 10.5 Å². The molecule has 0 aliphatic carbocycles. The molecule has 2 aromatic rings. The summed E-state index contributed by atoms with van der Waals surface area (Å²) in [4.78, 5) is 22.1. The molecule has 102 valence electrons. The largest absolute Gasteiger partial charge is 0.457 e. The van der Waals surface area contributed by atoms with Crippen LogP contribution in [-0.4, -0.2) is 10.9 Å². The third-order valence-electron chi connectivity index (χ3n) is 2.63. The van der Waals surface area contributed by atoms with Crippen molar-refractivity contribution in [2.75, 3.05) is 0 Å². The molecule has 0 radical (unpaired) electrons. The molecule has 0 N–H and O–H groups in total. The number of ether oxygens (including phenoxy) is 1. The lowest BCUT2D eigenvalue weighted by molar-refractivity contribution is -0.385. The summed E-state index contributed by atoms with van der Waals surface area (Å²) in [6.45, 7) is -0.133. The van der Waals surface area contributed by atoms with Crippen LogP contribution in [0.4, 0.5) is 5.69 Å². The molecule has 0 bridgehead atoms. The van der Waals surface area contributed by atoms with E-state index in [1.165, 1.54) is 6.07 Å². The molecular weight excluding hydrogens is 326 g/mol. The Morgan fingerprint density at radius 1 is 1.15 bits per heavy atom. The third-order valence-corrected chi connectivity index (χ3v) is 3.16. The number of nitro benzene ring substituents is 1. The maximum atomic E-state index is 11.8. The number of carbonyl (C=O) groups is 1. The molecule has 0 saturated carbocycles. The average molecular weight is 336 g/mol. The molecule has 0 aromatic heterocycles. The highest BCUT2D eigenvalue weighted by Gasteiger charge is 2.14. The van der Waals surface area contributed by atoms with E-state index >= 15 is 0 Å². The van der Waals surface area contributed by atoms with Crippen LogP contribution >= 0.6 is 15.9 Å². The molecule has 0 unspecified atom stereocenters. The summed E-state index contributed by atoms with van der Waals surface area (Å²) in [6, 6.07) is 12.9. The number of nitro groups is 1. The zero-order valence-corrected chi connectivity index (χ0v) is 11.9. The van der Waals surface area contributed by atoms with Gasteiger partial charge in [-0.2, -0.15) is 0 Å². The van der Waals surface area contributed by atoms with E-state index in [4.69, 9.17) is 4.74 Å². The van der Waals surface area contributed by atoms with Crippen LogP contribution < -0.4 is 0 Å². The van der Waals surface area contributed by atoms with Gasteiger partial charge in [0.15, 0.2) is 0 Å². The fourth-order valence-corrected chi connectivity index (χ4v) is 1.89. The van der Waals surface area contributed by atoms with Gasteiger partial charge in [0.2, 0.25) is 0 Å². The van der Waals surface area contributed by atoms with Gasteiger partial charge in [-0.1, -0.05) is 28.1 Å². The molecule has 6 heteroatoms. The quantitative estimate of drug-likeness (QED) is 0.485. The Morgan fingerprint density at radius 2 is 1.80 bits per heavy atom. The van der Waals surface area contributed by atoms with Crippen molar-refractivity contribution >= 4 is 27.6 Å². The van der Waals surface area contributed by atoms with Gasteiger partial charge in [-0.25, -0.2) is 4.79 Å². The SMILES string of the molecule is O=C(OCc1ccccc1[N+](=O)[O-])c1ccc(Br)cc1. The molecule has 0 amide bonds. The second-order valence-electron chi connectivity index (χ2n) is 3.97. The minimum absolute atomic E-state index is 0.0592. The van der Waals surface area contributed by atoms with Crippen molar-refractivity contribution in [3.63, 3.8) is 0 Å². The Bertz CT molecular complexity index is 640. The first-order valence-electron chi connectivity index (χ1n) is 5.73. The Balaban J connectivity index is 2.07. The van der Waals surface area contributed by atoms with Crippen LogP contribution in [0.2, 0.25) is 0 Å². The number of carbonyl (C=O) groups excluding carboxylic acids is 1. The molecule has 0 saturated heterocycles. The molecule has 0 heterocycles. The Morgan fingerprint density at radius 3 is 2.45 bits per heavy atom. The van der Waals surface area contributed by atoms with Crippen molar-refractivity contribution in [1.29, 1.82) is 0 Å². The van der Waals surface area contributed by atoms with Gasteiger partial charge in [0.05, 0.1) is 16.1 Å². The zero-order valence-electron chi connectivity index (χ0n) is 10.3. The van der Waals surface area contributed by atoms with Crippen molar-refractivity contribution in [1.82, 2.24) is 0 Å². The maximum Gasteiger partial charge on any atom is 0.338 e. The number of hydrogen-bond acceptors (Lipinski definition) is 4. The number of para-hydroxylation sites is 1. The molecule has 0 spiro atoms. The Hall–Kier alpha value is -2.21. The highest BCUT2D eigenvalue weighted by Crippen LogP contribution is 2.19. The van der Waals surface area contributed by atoms with Gasteiger partial charge >= 0.3 is 5.97 Å². The van der Waals surface area contributed by atoms with Crippen LogP contribution in [0.1, 0.15) is 15.9 Å². The highest BCUT2D eigenvalue weighted by atomic mass is 79.9. The van der Waals surface area contributed by atoms with Crippen molar-refractivity contribution in [2.45, 2.75) is 6.61 Å². The first-order valence-corrected chi connectivity index (χ1v) is 6.52. The molecule has 2 aromatic carbocycles. The van der Waals surface area contributed by atoms with E-state index < -0.39 is 10.9 Å². The van der Waals surface area contributed by atoms with Crippen molar-refractivity contribution in [2.24, 2.45) is 0 Å².